The monoisotopic (exact) mass is 245 g/mol. The van der Waals surface area contributed by atoms with Gasteiger partial charge in [-0.3, -0.25) is 4.57 Å². The fraction of sp³-hybridized carbons (Fsp3) is 0.385. The van der Waals surface area contributed by atoms with Crippen LogP contribution in [0, 0.1) is 0 Å². The van der Waals surface area contributed by atoms with Crippen molar-refractivity contribution in [3.63, 3.8) is 0 Å². The minimum absolute atomic E-state index is 0.513. The van der Waals surface area contributed by atoms with Crippen LogP contribution in [-0.4, -0.2) is 27.0 Å². The number of ether oxygens (including phenoxy) is 1. The number of hydrogen-bond donors (Lipinski definition) is 1. The van der Waals surface area contributed by atoms with Crippen molar-refractivity contribution < 1.29 is 9.84 Å². The number of benzene rings is 1. The molecule has 1 aromatic heterocycles. The number of aryl methyl sites for hydroxylation is 1. The number of nitrogens with zero attached hydrogens (tertiary/aromatic N) is 3. The van der Waals surface area contributed by atoms with Gasteiger partial charge in [0.1, 0.15) is 17.8 Å². The third-order valence-electron chi connectivity index (χ3n) is 3.28. The van der Waals surface area contributed by atoms with Crippen molar-refractivity contribution in [3.8, 4) is 17.1 Å². The molecule has 2 aromatic rings. The molecule has 0 radical (unpaired) electrons. The summed E-state index contributed by atoms with van der Waals surface area (Å²) >= 11 is 0. The number of aromatic nitrogens is 3. The van der Waals surface area contributed by atoms with E-state index in [4.69, 9.17) is 4.74 Å². The van der Waals surface area contributed by atoms with E-state index in [1.165, 1.54) is 0 Å². The lowest BCUT2D eigenvalue weighted by atomic mass is 10.1. The van der Waals surface area contributed by atoms with Gasteiger partial charge < -0.3 is 9.84 Å². The number of hydrogen-bond acceptors (Lipinski definition) is 4. The standard InChI is InChI=1S/C13H15N3O2/c1-18-10-7-5-9(6-8-10)13-15-14-11-3-2-4-12(17)16(11)13/h5-8,12,17H,2-4H2,1H3. The number of rotatable bonds is 2. The number of aliphatic hydroxyl groups excluding tert-OH is 1. The Labute approximate surface area is 105 Å². The zero-order valence-corrected chi connectivity index (χ0v) is 10.2. The molecule has 94 valence electrons. The van der Waals surface area contributed by atoms with E-state index in [1.54, 1.807) is 7.11 Å². The molecular formula is C13H15N3O2. The van der Waals surface area contributed by atoms with Crippen molar-refractivity contribution in [1.82, 2.24) is 14.8 Å². The highest BCUT2D eigenvalue weighted by molar-refractivity contribution is 5.57. The van der Waals surface area contributed by atoms with Crippen molar-refractivity contribution in [2.75, 3.05) is 7.11 Å². The average Bonchev–Trinajstić information content (AvgIpc) is 2.84. The maximum atomic E-state index is 10.1. The Kier molecular flexibility index (Phi) is 2.76. The van der Waals surface area contributed by atoms with E-state index in [0.29, 0.717) is 0 Å². The van der Waals surface area contributed by atoms with Crippen molar-refractivity contribution >= 4 is 0 Å². The molecule has 1 N–H and O–H groups in total. The minimum Gasteiger partial charge on any atom is -0.497 e. The number of aliphatic hydroxyl groups is 1. The van der Waals surface area contributed by atoms with Crippen molar-refractivity contribution in [1.29, 1.82) is 0 Å². The van der Waals surface area contributed by atoms with Crippen LogP contribution in [0.5, 0.6) is 5.75 Å². The summed E-state index contributed by atoms with van der Waals surface area (Å²) in [5.41, 5.74) is 0.940. The van der Waals surface area contributed by atoms with Crippen molar-refractivity contribution in [2.24, 2.45) is 0 Å². The van der Waals surface area contributed by atoms with Crippen LogP contribution < -0.4 is 4.74 Å². The summed E-state index contributed by atoms with van der Waals surface area (Å²) in [6.07, 6.45) is 2.08. The van der Waals surface area contributed by atoms with E-state index in [2.05, 4.69) is 10.2 Å². The van der Waals surface area contributed by atoms with E-state index < -0.39 is 6.23 Å². The van der Waals surface area contributed by atoms with Gasteiger partial charge in [0.05, 0.1) is 7.11 Å². The molecule has 3 rings (SSSR count). The predicted octanol–water partition coefficient (Wildman–Crippen LogP) is 1.78. The van der Waals surface area contributed by atoms with Gasteiger partial charge in [0.2, 0.25) is 0 Å². The Balaban J connectivity index is 2.03. The lowest BCUT2D eigenvalue weighted by molar-refractivity contribution is 0.0796. The maximum absolute atomic E-state index is 10.1. The minimum atomic E-state index is -0.513. The quantitative estimate of drug-likeness (QED) is 0.876. The van der Waals surface area contributed by atoms with Gasteiger partial charge in [-0.15, -0.1) is 10.2 Å². The molecule has 1 unspecified atom stereocenters. The van der Waals surface area contributed by atoms with E-state index in [0.717, 1.165) is 42.2 Å². The van der Waals surface area contributed by atoms with E-state index >= 15 is 0 Å². The summed E-state index contributed by atoms with van der Waals surface area (Å²) < 4.78 is 6.95. The highest BCUT2D eigenvalue weighted by Crippen LogP contribution is 2.29. The van der Waals surface area contributed by atoms with Gasteiger partial charge in [-0.25, -0.2) is 0 Å². The second-order valence-electron chi connectivity index (χ2n) is 4.41. The zero-order valence-electron chi connectivity index (χ0n) is 10.2. The molecule has 1 aromatic carbocycles. The van der Waals surface area contributed by atoms with Crippen LogP contribution in [0.4, 0.5) is 0 Å². The molecule has 5 nitrogen and oxygen atoms in total. The summed E-state index contributed by atoms with van der Waals surface area (Å²) in [6, 6.07) is 7.62. The van der Waals surface area contributed by atoms with Gasteiger partial charge in [0, 0.05) is 12.0 Å². The summed E-state index contributed by atoms with van der Waals surface area (Å²) in [5, 5.41) is 18.4. The van der Waals surface area contributed by atoms with Gasteiger partial charge in [-0.1, -0.05) is 0 Å². The smallest absolute Gasteiger partial charge is 0.166 e. The topological polar surface area (TPSA) is 60.2 Å². The molecule has 0 spiro atoms. The van der Waals surface area contributed by atoms with E-state index in [1.807, 2.05) is 28.8 Å². The lowest BCUT2D eigenvalue weighted by Gasteiger charge is -2.21. The Bertz CT molecular complexity index is 548. The fourth-order valence-electron chi connectivity index (χ4n) is 2.32. The first-order valence-electron chi connectivity index (χ1n) is 6.06. The second-order valence-corrected chi connectivity index (χ2v) is 4.41. The van der Waals surface area contributed by atoms with E-state index in [9.17, 15) is 5.11 Å². The van der Waals surface area contributed by atoms with Crippen LogP contribution in [0.3, 0.4) is 0 Å². The molecule has 0 saturated heterocycles. The molecule has 1 aliphatic heterocycles. The third-order valence-corrected chi connectivity index (χ3v) is 3.28. The van der Waals surface area contributed by atoms with Gasteiger partial charge in [0.25, 0.3) is 0 Å². The Morgan fingerprint density at radius 1 is 1.28 bits per heavy atom. The Hall–Kier alpha value is -1.88. The normalized spacial score (nSPS) is 18.4. The number of methoxy groups -OCH3 is 1. The van der Waals surface area contributed by atoms with Crippen LogP contribution >= 0.6 is 0 Å². The van der Waals surface area contributed by atoms with Gasteiger partial charge >= 0.3 is 0 Å². The molecule has 0 aliphatic carbocycles. The summed E-state index contributed by atoms with van der Waals surface area (Å²) in [7, 11) is 1.64. The van der Waals surface area contributed by atoms with Crippen LogP contribution in [0.1, 0.15) is 24.9 Å². The molecule has 18 heavy (non-hydrogen) atoms. The Morgan fingerprint density at radius 2 is 2.06 bits per heavy atom. The predicted molar refractivity (Wildman–Crippen MR) is 66.2 cm³/mol. The number of fused-ring (bicyclic) bond motifs is 1. The largest absolute Gasteiger partial charge is 0.497 e. The molecule has 0 amide bonds. The van der Waals surface area contributed by atoms with Crippen LogP contribution in [0.2, 0.25) is 0 Å². The third kappa shape index (κ3) is 1.76. The molecule has 1 aliphatic rings. The first kappa shape index (κ1) is 11.2. The zero-order chi connectivity index (χ0) is 12.5. The highest BCUT2D eigenvalue weighted by Gasteiger charge is 2.23. The van der Waals surface area contributed by atoms with Gasteiger partial charge in [-0.05, 0) is 37.1 Å². The second kappa shape index (κ2) is 4.42. The van der Waals surface area contributed by atoms with Gasteiger partial charge in [-0.2, -0.15) is 0 Å². The molecule has 0 saturated carbocycles. The first-order chi connectivity index (χ1) is 8.79. The molecule has 0 bridgehead atoms. The first-order valence-corrected chi connectivity index (χ1v) is 6.06. The summed E-state index contributed by atoms with van der Waals surface area (Å²) in [4.78, 5) is 0. The molecular weight excluding hydrogens is 230 g/mol. The molecule has 2 heterocycles. The average molecular weight is 245 g/mol. The van der Waals surface area contributed by atoms with E-state index in [-0.39, 0.29) is 0 Å². The maximum Gasteiger partial charge on any atom is 0.166 e. The van der Waals surface area contributed by atoms with Crippen LogP contribution in [0.25, 0.3) is 11.4 Å². The summed E-state index contributed by atoms with van der Waals surface area (Å²) in [6.45, 7) is 0. The van der Waals surface area contributed by atoms with Crippen LogP contribution in [-0.2, 0) is 6.42 Å². The van der Waals surface area contributed by atoms with Gasteiger partial charge in [0.15, 0.2) is 5.82 Å². The molecule has 5 heteroatoms. The lowest BCUT2D eigenvalue weighted by Crippen LogP contribution is -2.18. The van der Waals surface area contributed by atoms with Crippen molar-refractivity contribution in [3.05, 3.63) is 30.1 Å². The Morgan fingerprint density at radius 3 is 2.78 bits per heavy atom. The molecule has 0 fully saturated rings. The molecule has 1 atom stereocenters. The fourth-order valence-corrected chi connectivity index (χ4v) is 2.32. The van der Waals surface area contributed by atoms with Crippen molar-refractivity contribution in [2.45, 2.75) is 25.5 Å². The highest BCUT2D eigenvalue weighted by atomic mass is 16.5. The SMILES string of the molecule is COc1ccc(-c2nnc3n2C(O)CCC3)cc1. The van der Waals surface area contributed by atoms with Crippen LogP contribution in [0.15, 0.2) is 24.3 Å². The summed E-state index contributed by atoms with van der Waals surface area (Å²) in [5.74, 6) is 2.39.